The van der Waals surface area contributed by atoms with E-state index in [-0.39, 0.29) is 11.9 Å². The van der Waals surface area contributed by atoms with Gasteiger partial charge in [0.05, 0.1) is 5.56 Å². The highest BCUT2D eigenvalue weighted by atomic mass is 19.4. The number of nitrogens with one attached hydrogen (secondary N) is 3. The van der Waals surface area contributed by atoms with Crippen molar-refractivity contribution in [3.63, 3.8) is 0 Å². The topological polar surface area (TPSA) is 80.2 Å². The Morgan fingerprint density at radius 2 is 1.96 bits per heavy atom. The van der Waals surface area contributed by atoms with E-state index in [1.807, 2.05) is 4.90 Å². The van der Waals surface area contributed by atoms with Crippen LogP contribution in [0, 0.1) is 0 Å². The molecule has 0 radical (unpaired) electrons. The first-order valence-electron chi connectivity index (χ1n) is 8.98. The van der Waals surface area contributed by atoms with Gasteiger partial charge in [-0.15, -0.1) is 0 Å². The minimum Gasteiger partial charge on any atom is -0.490 e. The van der Waals surface area contributed by atoms with E-state index < -0.39 is 11.7 Å². The average molecular weight is 393 g/mol. The molecule has 0 aliphatic carbocycles. The molecular formula is C18H20F3N6O+. The molecule has 1 fully saturated rings. The zero-order chi connectivity index (χ0) is 19.7. The second-order valence-corrected chi connectivity index (χ2v) is 6.58. The Hall–Kier alpha value is -3.04. The number of rotatable bonds is 4. The number of hydrogen-bond donors (Lipinski definition) is 2. The van der Waals surface area contributed by atoms with Crippen LogP contribution in [0.1, 0.15) is 18.4 Å². The van der Waals surface area contributed by atoms with E-state index >= 15 is 0 Å². The zero-order valence-electron chi connectivity index (χ0n) is 15.2. The molecule has 10 heteroatoms. The third-order valence-corrected chi connectivity index (χ3v) is 4.77. The van der Waals surface area contributed by atoms with E-state index in [1.165, 1.54) is 12.1 Å². The number of nitrogens with zero attached hydrogens (tertiary/aromatic N) is 3. The maximum atomic E-state index is 13.1. The normalized spacial score (nSPS) is 15.8. The molecule has 0 spiro atoms. The molecule has 4 rings (SSSR count). The highest BCUT2D eigenvalue weighted by Crippen LogP contribution is 2.37. The summed E-state index contributed by atoms with van der Waals surface area (Å²) in [5.74, 6) is 1.13. The maximum absolute atomic E-state index is 13.1. The minimum atomic E-state index is -4.43. The summed E-state index contributed by atoms with van der Waals surface area (Å²) >= 11 is 0. The number of aromatic amines is 2. The van der Waals surface area contributed by atoms with Crippen LogP contribution in [0.15, 0.2) is 30.6 Å². The molecule has 0 amide bonds. The Kier molecular flexibility index (Phi) is 4.70. The number of aromatic nitrogens is 4. The van der Waals surface area contributed by atoms with E-state index in [1.54, 1.807) is 19.4 Å². The third-order valence-electron chi connectivity index (χ3n) is 4.77. The molecule has 0 bridgehead atoms. The number of ether oxygens (including phenoxy) is 1. The highest BCUT2D eigenvalue weighted by molar-refractivity contribution is 5.81. The van der Waals surface area contributed by atoms with Crippen molar-refractivity contribution < 1.29 is 22.9 Å². The molecule has 0 atom stereocenters. The number of hydrogen-bond acceptors (Lipinski definition) is 5. The van der Waals surface area contributed by atoms with Crippen LogP contribution >= 0.6 is 0 Å². The lowest BCUT2D eigenvalue weighted by Gasteiger charge is -2.31. The Morgan fingerprint density at radius 1 is 1.21 bits per heavy atom. The summed E-state index contributed by atoms with van der Waals surface area (Å²) in [4.78, 5) is 17.1. The summed E-state index contributed by atoms with van der Waals surface area (Å²) in [6.45, 7) is 1.19. The summed E-state index contributed by atoms with van der Waals surface area (Å²) in [5.41, 5.74) is 0.730. The van der Waals surface area contributed by atoms with E-state index in [0.29, 0.717) is 43.3 Å². The second kappa shape index (κ2) is 7.17. The molecule has 3 aromatic rings. The standard InChI is InChI=1S/C18H19F3N6O/c1-22-15-14-16(24-10-23-14)26-17(25-15)27-8-6-11(7-9-27)28-13-5-3-2-4-12(13)18(19,20)21/h2-5,10-11H,6-9H2,1H3,(H2,22,23,24,25,26)/p+1. The monoisotopic (exact) mass is 393 g/mol. The fraction of sp³-hybridized carbons (Fsp3) is 0.389. The van der Waals surface area contributed by atoms with Gasteiger partial charge in [0.1, 0.15) is 11.9 Å². The first kappa shape index (κ1) is 18.3. The number of benzene rings is 1. The molecule has 7 nitrogen and oxygen atoms in total. The number of alkyl halides is 3. The fourth-order valence-corrected chi connectivity index (χ4v) is 3.35. The number of H-pyrrole nitrogens is 2. The van der Waals surface area contributed by atoms with Crippen LogP contribution in [0.25, 0.3) is 11.2 Å². The third kappa shape index (κ3) is 3.54. The Morgan fingerprint density at radius 3 is 2.68 bits per heavy atom. The first-order valence-corrected chi connectivity index (χ1v) is 8.98. The van der Waals surface area contributed by atoms with Gasteiger partial charge in [0.2, 0.25) is 5.52 Å². The lowest BCUT2D eigenvalue weighted by Crippen LogP contribution is -2.39. The van der Waals surface area contributed by atoms with Gasteiger partial charge in [-0.3, -0.25) is 4.98 Å². The predicted molar refractivity (Wildman–Crippen MR) is 97.3 cm³/mol. The van der Waals surface area contributed by atoms with Gasteiger partial charge in [-0.25, -0.2) is 4.98 Å². The van der Waals surface area contributed by atoms with Gasteiger partial charge in [-0.05, 0) is 12.1 Å². The summed E-state index contributed by atoms with van der Waals surface area (Å²) in [7, 11) is 1.78. The van der Waals surface area contributed by atoms with E-state index in [9.17, 15) is 13.2 Å². The highest BCUT2D eigenvalue weighted by Gasteiger charge is 2.35. The van der Waals surface area contributed by atoms with Gasteiger partial charge < -0.3 is 15.0 Å². The van der Waals surface area contributed by atoms with Gasteiger partial charge in [0.15, 0.2) is 12.1 Å². The smallest absolute Gasteiger partial charge is 0.419 e. The van der Waals surface area contributed by atoms with Gasteiger partial charge in [-0.1, -0.05) is 17.1 Å². The number of para-hydroxylation sites is 1. The molecule has 2 aromatic heterocycles. The number of fused-ring (bicyclic) bond motifs is 1. The molecule has 0 unspecified atom stereocenters. The Labute approximate surface area is 159 Å². The first-order chi connectivity index (χ1) is 13.5. The van der Waals surface area contributed by atoms with Crippen molar-refractivity contribution in [2.75, 3.05) is 30.4 Å². The number of imidazole rings is 1. The summed E-state index contributed by atoms with van der Waals surface area (Å²) < 4.78 is 45.1. The van der Waals surface area contributed by atoms with Gasteiger partial charge >= 0.3 is 17.8 Å². The molecule has 1 saturated heterocycles. The Balaban J connectivity index is 1.46. The minimum absolute atomic E-state index is 0.120. The summed E-state index contributed by atoms with van der Waals surface area (Å²) in [6, 6.07) is 5.33. The molecule has 28 heavy (non-hydrogen) atoms. The molecule has 3 heterocycles. The van der Waals surface area contributed by atoms with Crippen LogP contribution in [0.2, 0.25) is 0 Å². The van der Waals surface area contributed by atoms with Crippen LogP contribution in [0.4, 0.5) is 24.9 Å². The second-order valence-electron chi connectivity index (χ2n) is 6.58. The molecule has 1 aliphatic rings. The lowest BCUT2D eigenvalue weighted by atomic mass is 10.1. The quantitative estimate of drug-likeness (QED) is 0.713. The largest absolute Gasteiger partial charge is 0.490 e. The molecule has 1 aromatic carbocycles. The Bertz CT molecular complexity index is 965. The van der Waals surface area contributed by atoms with Crippen molar-refractivity contribution in [1.29, 1.82) is 0 Å². The van der Waals surface area contributed by atoms with Crippen molar-refractivity contribution in [2.24, 2.45) is 0 Å². The summed E-state index contributed by atoms with van der Waals surface area (Å²) in [6.07, 6.45) is -1.87. The number of anilines is 2. The van der Waals surface area contributed by atoms with Crippen molar-refractivity contribution in [1.82, 2.24) is 15.0 Å². The zero-order valence-corrected chi connectivity index (χ0v) is 15.2. The van der Waals surface area contributed by atoms with E-state index in [4.69, 9.17) is 4.74 Å². The van der Waals surface area contributed by atoms with Crippen LogP contribution in [-0.2, 0) is 6.18 Å². The van der Waals surface area contributed by atoms with E-state index in [2.05, 4.69) is 25.3 Å². The molecule has 0 saturated carbocycles. The lowest BCUT2D eigenvalue weighted by molar-refractivity contribution is -0.347. The van der Waals surface area contributed by atoms with Crippen molar-refractivity contribution >= 4 is 22.9 Å². The fourth-order valence-electron chi connectivity index (χ4n) is 3.35. The number of halogens is 3. The molecule has 3 N–H and O–H groups in total. The molecule has 148 valence electrons. The predicted octanol–water partition coefficient (Wildman–Crippen LogP) is 2.88. The summed E-state index contributed by atoms with van der Waals surface area (Å²) in [5, 5.41) is 3.04. The molecular weight excluding hydrogens is 373 g/mol. The maximum Gasteiger partial charge on any atom is 0.419 e. The van der Waals surface area contributed by atoms with Crippen molar-refractivity contribution in [3.05, 3.63) is 36.2 Å². The van der Waals surface area contributed by atoms with Crippen LogP contribution < -0.4 is 19.9 Å². The van der Waals surface area contributed by atoms with Crippen LogP contribution in [-0.4, -0.2) is 41.2 Å². The SMILES string of the molecule is CNc1nc(N2CCC(Oc3ccccc3C(F)(F)F)CC2)nc2[nH+]c[nH]c12. The molecule has 1 aliphatic heterocycles. The van der Waals surface area contributed by atoms with Crippen LogP contribution in [0.3, 0.4) is 0 Å². The van der Waals surface area contributed by atoms with Gasteiger partial charge in [-0.2, -0.15) is 18.2 Å². The van der Waals surface area contributed by atoms with Gasteiger partial charge in [0, 0.05) is 33.0 Å². The van der Waals surface area contributed by atoms with Crippen LogP contribution in [0.5, 0.6) is 5.75 Å². The van der Waals surface area contributed by atoms with Crippen molar-refractivity contribution in [2.45, 2.75) is 25.1 Å². The average Bonchev–Trinajstić information content (AvgIpc) is 3.16. The number of piperidine rings is 1. The van der Waals surface area contributed by atoms with Crippen molar-refractivity contribution in [3.8, 4) is 5.75 Å². The van der Waals surface area contributed by atoms with E-state index in [0.717, 1.165) is 11.6 Å². The van der Waals surface area contributed by atoms with Gasteiger partial charge in [0.25, 0.3) is 0 Å².